The van der Waals surface area contributed by atoms with Crippen LogP contribution in [-0.2, 0) is 11.0 Å². The molecular formula is C21H27N5O. The van der Waals surface area contributed by atoms with Crippen LogP contribution in [0.15, 0.2) is 30.5 Å². The summed E-state index contributed by atoms with van der Waals surface area (Å²) in [5.41, 5.74) is 8.87. The van der Waals surface area contributed by atoms with E-state index in [1.54, 1.807) is 6.20 Å². The molecule has 1 aromatic carbocycles. The maximum Gasteiger partial charge on any atom is 0.221 e. The molecule has 2 fully saturated rings. The van der Waals surface area contributed by atoms with Gasteiger partial charge in [-0.3, -0.25) is 0 Å². The Morgan fingerprint density at radius 2 is 1.93 bits per heavy atom. The first-order valence-corrected chi connectivity index (χ1v) is 9.91. The van der Waals surface area contributed by atoms with Crippen LogP contribution in [0.5, 0.6) is 0 Å². The molecule has 1 aliphatic carbocycles. The average molecular weight is 365 g/mol. The summed E-state index contributed by atoms with van der Waals surface area (Å²) in [6, 6.07) is 8.54. The third kappa shape index (κ3) is 2.62. The largest absolute Gasteiger partial charge is 0.385 e. The molecule has 0 amide bonds. The number of likely N-dealkylation sites (tertiary alicyclic amines) is 1. The second-order valence-electron chi connectivity index (χ2n) is 8.60. The fraction of sp³-hybridized carbons (Fsp3) is 0.524. The van der Waals surface area contributed by atoms with E-state index in [4.69, 9.17) is 5.73 Å². The number of nitrogens with two attached hydrogens (primary N) is 1. The van der Waals surface area contributed by atoms with Crippen LogP contribution in [0.3, 0.4) is 0 Å². The zero-order chi connectivity index (χ0) is 18.6. The molecule has 6 nitrogen and oxygen atoms in total. The number of anilines is 3. The minimum absolute atomic E-state index is 0.112. The molecule has 6 heteroatoms. The fourth-order valence-corrected chi connectivity index (χ4v) is 5.36. The number of benzene rings is 1. The Kier molecular flexibility index (Phi) is 3.71. The summed E-state index contributed by atoms with van der Waals surface area (Å²) in [7, 11) is 2.19. The second kappa shape index (κ2) is 5.91. The zero-order valence-electron chi connectivity index (χ0n) is 15.9. The Hall–Kier alpha value is -2.18. The highest BCUT2D eigenvalue weighted by Crippen LogP contribution is 2.50. The highest BCUT2D eigenvalue weighted by atomic mass is 16.3. The van der Waals surface area contributed by atoms with Crippen molar-refractivity contribution >= 4 is 17.5 Å². The predicted octanol–water partition coefficient (Wildman–Crippen LogP) is 2.55. The van der Waals surface area contributed by atoms with Crippen molar-refractivity contribution in [3.8, 4) is 0 Å². The van der Waals surface area contributed by atoms with Gasteiger partial charge in [0.1, 0.15) is 5.82 Å². The first-order valence-electron chi connectivity index (χ1n) is 9.91. The first kappa shape index (κ1) is 17.0. The van der Waals surface area contributed by atoms with Crippen LogP contribution >= 0.6 is 0 Å². The van der Waals surface area contributed by atoms with E-state index in [1.807, 2.05) is 6.07 Å². The van der Waals surface area contributed by atoms with Gasteiger partial charge in [-0.25, -0.2) is 4.98 Å². The van der Waals surface area contributed by atoms with Crippen LogP contribution in [0.2, 0.25) is 0 Å². The van der Waals surface area contributed by atoms with Crippen molar-refractivity contribution in [3.63, 3.8) is 0 Å². The molecule has 0 bridgehead atoms. The Bertz CT molecular complexity index is 879. The fourth-order valence-electron chi connectivity index (χ4n) is 5.36. The maximum absolute atomic E-state index is 11.1. The topological polar surface area (TPSA) is 78.5 Å². The lowest BCUT2D eigenvalue weighted by molar-refractivity contribution is 0.0445. The van der Waals surface area contributed by atoms with Gasteiger partial charge in [-0.05, 0) is 56.1 Å². The van der Waals surface area contributed by atoms with Crippen molar-refractivity contribution in [2.24, 2.45) is 0 Å². The van der Waals surface area contributed by atoms with Gasteiger partial charge in [0.2, 0.25) is 5.95 Å². The van der Waals surface area contributed by atoms with E-state index in [2.05, 4.69) is 45.0 Å². The highest BCUT2D eigenvalue weighted by molar-refractivity contribution is 5.72. The van der Waals surface area contributed by atoms with Crippen molar-refractivity contribution in [1.82, 2.24) is 14.9 Å². The second-order valence-corrected chi connectivity index (χ2v) is 8.60. The molecule has 2 aliphatic heterocycles. The Morgan fingerprint density at radius 1 is 1.11 bits per heavy atom. The highest BCUT2D eigenvalue weighted by Gasteiger charge is 2.47. The lowest BCUT2D eigenvalue weighted by atomic mass is 9.80. The number of likely N-dealkylation sites (N-methyl/N-ethyl adjacent to an activating group) is 1. The molecule has 0 radical (unpaired) electrons. The zero-order valence-corrected chi connectivity index (χ0v) is 15.9. The molecule has 2 aromatic rings. The summed E-state index contributed by atoms with van der Waals surface area (Å²) in [5.74, 6) is 1.13. The monoisotopic (exact) mass is 365 g/mol. The summed E-state index contributed by atoms with van der Waals surface area (Å²) in [6.45, 7) is 3.04. The van der Waals surface area contributed by atoms with E-state index in [-0.39, 0.29) is 5.41 Å². The van der Waals surface area contributed by atoms with Crippen molar-refractivity contribution in [3.05, 3.63) is 41.6 Å². The Balaban J connectivity index is 1.63. The SMILES string of the molecule is CN1CCC2(C1)CN(c1ccnc(N)n1)c1cc(C3(O)CCCC3)ccc12. The van der Waals surface area contributed by atoms with Crippen molar-refractivity contribution in [1.29, 1.82) is 0 Å². The number of nitrogens with zero attached hydrogens (tertiary/aromatic N) is 4. The van der Waals surface area contributed by atoms with Crippen LogP contribution in [0.25, 0.3) is 0 Å². The number of rotatable bonds is 2. The number of aliphatic hydroxyl groups is 1. The third-order valence-electron chi connectivity index (χ3n) is 6.77. The van der Waals surface area contributed by atoms with Crippen molar-refractivity contribution in [2.45, 2.75) is 43.1 Å². The van der Waals surface area contributed by atoms with E-state index < -0.39 is 5.60 Å². The number of fused-ring (bicyclic) bond motifs is 2. The lowest BCUT2D eigenvalue weighted by Crippen LogP contribution is -2.34. The molecule has 1 atom stereocenters. The molecule has 5 rings (SSSR count). The molecular weight excluding hydrogens is 338 g/mol. The standard InChI is InChI=1S/C21H27N5O/c1-25-11-9-20(13-25)14-26(18-6-10-23-19(22)24-18)17-12-15(4-5-16(17)20)21(27)7-2-3-8-21/h4-6,10,12,27H,2-3,7-9,11,13-14H2,1H3,(H2,22,23,24). The van der Waals surface area contributed by atoms with Crippen molar-refractivity contribution in [2.75, 3.05) is 37.3 Å². The van der Waals surface area contributed by atoms with Gasteiger partial charge < -0.3 is 20.6 Å². The van der Waals surface area contributed by atoms with Gasteiger partial charge >= 0.3 is 0 Å². The van der Waals surface area contributed by atoms with Gasteiger partial charge in [-0.15, -0.1) is 0 Å². The van der Waals surface area contributed by atoms with E-state index in [0.717, 1.165) is 63.1 Å². The smallest absolute Gasteiger partial charge is 0.221 e. The van der Waals surface area contributed by atoms with E-state index in [0.29, 0.717) is 5.95 Å². The van der Waals surface area contributed by atoms with Crippen LogP contribution in [0.1, 0.15) is 43.2 Å². The van der Waals surface area contributed by atoms with Gasteiger partial charge in [-0.1, -0.05) is 25.0 Å². The summed E-state index contributed by atoms with van der Waals surface area (Å²) in [6.07, 6.45) is 6.73. The molecule has 3 N–H and O–H groups in total. The van der Waals surface area contributed by atoms with Crippen LogP contribution < -0.4 is 10.6 Å². The van der Waals surface area contributed by atoms with Gasteiger partial charge in [0, 0.05) is 30.4 Å². The third-order valence-corrected chi connectivity index (χ3v) is 6.77. The molecule has 1 unspecified atom stereocenters. The Labute approximate surface area is 160 Å². The predicted molar refractivity (Wildman–Crippen MR) is 106 cm³/mol. The average Bonchev–Trinajstić information content (AvgIpc) is 3.34. The summed E-state index contributed by atoms with van der Waals surface area (Å²) in [5, 5.41) is 11.1. The van der Waals surface area contributed by atoms with Gasteiger partial charge in [0.05, 0.1) is 5.60 Å². The molecule has 1 saturated carbocycles. The molecule has 142 valence electrons. The van der Waals surface area contributed by atoms with Crippen LogP contribution in [0, 0.1) is 0 Å². The Morgan fingerprint density at radius 3 is 2.63 bits per heavy atom. The summed E-state index contributed by atoms with van der Waals surface area (Å²) in [4.78, 5) is 13.2. The maximum atomic E-state index is 11.1. The van der Waals surface area contributed by atoms with E-state index >= 15 is 0 Å². The molecule has 1 saturated heterocycles. The normalized spacial score (nSPS) is 26.8. The lowest BCUT2D eigenvalue weighted by Gasteiger charge is -2.25. The van der Waals surface area contributed by atoms with Crippen LogP contribution in [-0.4, -0.2) is 46.7 Å². The minimum atomic E-state index is -0.687. The minimum Gasteiger partial charge on any atom is -0.385 e. The van der Waals surface area contributed by atoms with Crippen LogP contribution in [0.4, 0.5) is 17.5 Å². The molecule has 1 aromatic heterocycles. The summed E-state index contributed by atoms with van der Waals surface area (Å²) < 4.78 is 0. The first-order chi connectivity index (χ1) is 13.0. The number of hydrogen-bond acceptors (Lipinski definition) is 6. The summed E-state index contributed by atoms with van der Waals surface area (Å²) >= 11 is 0. The molecule has 3 aliphatic rings. The van der Waals surface area contributed by atoms with E-state index in [1.165, 1.54) is 11.3 Å². The van der Waals surface area contributed by atoms with Gasteiger partial charge in [0.25, 0.3) is 0 Å². The van der Waals surface area contributed by atoms with Gasteiger partial charge in [0.15, 0.2) is 0 Å². The molecule has 27 heavy (non-hydrogen) atoms. The van der Waals surface area contributed by atoms with Crippen molar-refractivity contribution < 1.29 is 5.11 Å². The quantitative estimate of drug-likeness (QED) is 0.852. The molecule has 1 spiro atoms. The molecule has 3 heterocycles. The number of hydrogen-bond donors (Lipinski definition) is 2. The number of aromatic nitrogens is 2. The van der Waals surface area contributed by atoms with Gasteiger partial charge in [-0.2, -0.15) is 4.98 Å². The number of nitrogen functional groups attached to an aromatic ring is 1. The van der Waals surface area contributed by atoms with E-state index in [9.17, 15) is 5.11 Å².